The highest BCUT2D eigenvalue weighted by molar-refractivity contribution is 7.23. The van der Waals surface area contributed by atoms with E-state index in [0.29, 0.717) is 38.9 Å². The number of thiophene rings is 1. The monoisotopic (exact) mass is 827 g/mol. The molecule has 2 aromatic heterocycles. The lowest BCUT2D eigenvalue weighted by Crippen LogP contribution is -2.49. The number of fused-ring (bicyclic) bond motifs is 3. The van der Waals surface area contributed by atoms with E-state index < -0.39 is 46.7 Å². The number of carbonyl (C=O) groups is 2. The van der Waals surface area contributed by atoms with E-state index in [2.05, 4.69) is 15.2 Å². The van der Waals surface area contributed by atoms with Gasteiger partial charge in [0.15, 0.2) is 11.6 Å². The van der Waals surface area contributed by atoms with Crippen molar-refractivity contribution in [2.24, 2.45) is 0 Å². The summed E-state index contributed by atoms with van der Waals surface area (Å²) in [5.74, 6) is -1.47. The minimum Gasteiger partial charge on any atom is -0.461 e. The van der Waals surface area contributed by atoms with Gasteiger partial charge in [0.2, 0.25) is 0 Å². The highest BCUT2D eigenvalue weighted by atomic mass is 35.5. The lowest BCUT2D eigenvalue weighted by Gasteiger charge is -2.36. The first-order chi connectivity index (χ1) is 26.9. The quantitative estimate of drug-likeness (QED) is 0.200. The summed E-state index contributed by atoms with van der Waals surface area (Å²) >= 11 is 7.78. The molecule has 2 atom stereocenters. The number of hydrogen-bond donors (Lipinski definition) is 1. The molecule has 12 nitrogen and oxygen atoms in total. The van der Waals surface area contributed by atoms with E-state index in [1.165, 1.54) is 17.1 Å². The van der Waals surface area contributed by atoms with Gasteiger partial charge >= 0.3 is 18.2 Å². The molecule has 0 bridgehead atoms. The average molecular weight is 828 g/mol. The Hall–Kier alpha value is -4.59. The first-order valence-corrected chi connectivity index (χ1v) is 20.2. The van der Waals surface area contributed by atoms with Crippen molar-refractivity contribution in [3.8, 4) is 23.2 Å². The molecular formula is C40H45ClF3N7O5S. The second-order valence-corrected chi connectivity index (χ2v) is 18.2. The van der Waals surface area contributed by atoms with Gasteiger partial charge in [-0.15, -0.1) is 11.3 Å². The molecule has 0 saturated carbocycles. The largest absolute Gasteiger partial charge is 0.461 e. The number of amides is 2. The third-order valence-corrected chi connectivity index (χ3v) is 11.7. The van der Waals surface area contributed by atoms with E-state index in [9.17, 15) is 19.2 Å². The van der Waals surface area contributed by atoms with Gasteiger partial charge < -0.3 is 14.2 Å². The standard InChI is InChI=1S/C40H45ClF3N7O5S/c1-38(2,3)55-36(52)48-34-25(19-45)28-23(11-12-27(43)32(28)57-34)29-26(41)17-24-31(30(29)44)46-35(54-21-40-13-10-14-49(40)20-22(42)18-40)47-33(24)50-15-8-7-9-16-51(50)37(53)56-39(4,5)6/h11-12,17,22H,7-10,13-16,18,20-21H2,1-6H3,(H,48,52)/t22-,40+/m1/s1. The summed E-state index contributed by atoms with van der Waals surface area (Å²) in [6.07, 6.45) is 1.56. The number of hydrogen-bond acceptors (Lipinski definition) is 11. The van der Waals surface area contributed by atoms with Crippen LogP contribution in [0.5, 0.6) is 6.01 Å². The third kappa shape index (κ3) is 8.11. The Morgan fingerprint density at radius 2 is 1.79 bits per heavy atom. The van der Waals surface area contributed by atoms with Crippen LogP contribution in [0.2, 0.25) is 5.02 Å². The van der Waals surface area contributed by atoms with E-state index in [1.54, 1.807) is 46.6 Å². The minimum absolute atomic E-state index is 0.0110. The lowest BCUT2D eigenvalue weighted by atomic mass is 9.95. The van der Waals surface area contributed by atoms with E-state index in [4.69, 9.17) is 30.8 Å². The SMILES string of the molecule is CC(C)(C)OC(=O)Nc1sc2c(F)ccc(-c3c(Cl)cc4c(N5CCCCCN5C(=O)OC(C)(C)C)nc(OC[C@@]56CCCN5C[C@H](F)C6)nc4c3F)c2c1C#N. The fraction of sp³-hybridized carbons (Fsp3) is 0.525. The van der Waals surface area contributed by atoms with Crippen LogP contribution in [0, 0.1) is 23.0 Å². The molecule has 3 fully saturated rings. The zero-order valence-electron chi connectivity index (χ0n) is 32.7. The molecule has 0 aliphatic carbocycles. The molecule has 0 spiro atoms. The van der Waals surface area contributed by atoms with Crippen LogP contribution in [0.15, 0.2) is 18.2 Å². The number of anilines is 2. The van der Waals surface area contributed by atoms with Crippen LogP contribution in [0.3, 0.4) is 0 Å². The van der Waals surface area contributed by atoms with E-state index >= 15 is 8.78 Å². The Morgan fingerprint density at radius 1 is 1.05 bits per heavy atom. The summed E-state index contributed by atoms with van der Waals surface area (Å²) < 4.78 is 65.1. The van der Waals surface area contributed by atoms with Gasteiger partial charge in [-0.1, -0.05) is 17.7 Å². The van der Waals surface area contributed by atoms with Crippen LogP contribution in [-0.4, -0.2) is 87.8 Å². The second-order valence-electron chi connectivity index (χ2n) is 16.8. The number of benzene rings is 2. The van der Waals surface area contributed by atoms with Crippen molar-refractivity contribution in [2.45, 2.75) is 103 Å². The summed E-state index contributed by atoms with van der Waals surface area (Å²) in [6.45, 7) is 12.0. The number of alkyl halides is 1. The van der Waals surface area contributed by atoms with E-state index in [0.717, 1.165) is 36.8 Å². The van der Waals surface area contributed by atoms with Crippen LogP contribution >= 0.6 is 22.9 Å². The van der Waals surface area contributed by atoms with Crippen LogP contribution in [0.4, 0.5) is 33.6 Å². The van der Waals surface area contributed by atoms with Crippen LogP contribution in [-0.2, 0) is 9.47 Å². The Labute approximate surface area is 337 Å². The number of ether oxygens (including phenoxy) is 3. The van der Waals surface area contributed by atoms with E-state index in [1.807, 2.05) is 6.07 Å². The minimum atomic E-state index is -1.01. The first-order valence-electron chi connectivity index (χ1n) is 19.0. The number of carbonyl (C=O) groups excluding carboxylic acids is 2. The smallest absolute Gasteiger partial charge is 0.429 e. The van der Waals surface area contributed by atoms with Gasteiger partial charge in [0.1, 0.15) is 46.4 Å². The molecule has 0 unspecified atom stereocenters. The fourth-order valence-electron chi connectivity index (χ4n) is 7.95. The van der Waals surface area contributed by atoms with Gasteiger partial charge in [0.05, 0.1) is 20.8 Å². The molecule has 4 aromatic rings. The zero-order valence-corrected chi connectivity index (χ0v) is 34.3. The molecule has 17 heteroatoms. The van der Waals surface area contributed by atoms with Crippen molar-refractivity contribution < 1.29 is 37.0 Å². The number of nitrogens with one attached hydrogen (secondary N) is 1. The van der Waals surface area contributed by atoms with Gasteiger partial charge in [0, 0.05) is 42.4 Å². The Morgan fingerprint density at radius 3 is 2.51 bits per heavy atom. The zero-order chi connectivity index (χ0) is 41.0. The van der Waals surface area contributed by atoms with Gasteiger partial charge in [-0.25, -0.2) is 27.8 Å². The summed E-state index contributed by atoms with van der Waals surface area (Å²) in [6, 6.07) is 5.77. The van der Waals surface area contributed by atoms with Crippen molar-refractivity contribution in [2.75, 3.05) is 43.1 Å². The molecule has 1 N–H and O–H groups in total. The maximum Gasteiger partial charge on any atom is 0.429 e. The molecule has 7 rings (SSSR count). The summed E-state index contributed by atoms with van der Waals surface area (Å²) in [4.78, 5) is 37.9. The Kier molecular flexibility index (Phi) is 10.9. The molecule has 2 aromatic carbocycles. The normalized spacial score (nSPS) is 20.4. The third-order valence-electron chi connectivity index (χ3n) is 10.2. The Bertz CT molecular complexity index is 2290. The van der Waals surface area contributed by atoms with Gasteiger partial charge in [-0.05, 0) is 97.9 Å². The number of halogens is 4. The summed E-state index contributed by atoms with van der Waals surface area (Å²) in [5.41, 5.74) is -2.65. The molecule has 2 amide bonds. The van der Waals surface area contributed by atoms with Gasteiger partial charge in [0.25, 0.3) is 0 Å². The number of hydrazine groups is 1. The summed E-state index contributed by atoms with van der Waals surface area (Å²) in [7, 11) is 0. The number of nitrogens with zero attached hydrogens (tertiary/aromatic N) is 6. The molecule has 3 aliphatic heterocycles. The number of nitriles is 1. The predicted molar refractivity (Wildman–Crippen MR) is 213 cm³/mol. The van der Waals surface area contributed by atoms with Crippen molar-refractivity contribution in [3.63, 3.8) is 0 Å². The highest BCUT2D eigenvalue weighted by Crippen LogP contribution is 2.47. The molecule has 5 heterocycles. The van der Waals surface area contributed by atoms with E-state index in [-0.39, 0.29) is 72.6 Å². The average Bonchev–Trinajstić information content (AvgIpc) is 3.69. The second kappa shape index (κ2) is 15.3. The number of rotatable bonds is 6. The van der Waals surface area contributed by atoms with Crippen molar-refractivity contribution >= 4 is 66.9 Å². The van der Waals surface area contributed by atoms with Gasteiger partial charge in [-0.3, -0.25) is 15.2 Å². The lowest BCUT2D eigenvalue weighted by molar-refractivity contribution is 0.0231. The topological polar surface area (TPSA) is 133 Å². The van der Waals surface area contributed by atoms with Crippen molar-refractivity contribution in [3.05, 3.63) is 40.4 Å². The first kappa shape index (κ1) is 40.6. The molecule has 0 radical (unpaired) electrons. The number of aromatic nitrogens is 2. The van der Waals surface area contributed by atoms with Crippen LogP contribution in [0.1, 0.15) is 85.6 Å². The van der Waals surface area contributed by atoms with Crippen molar-refractivity contribution in [1.82, 2.24) is 19.9 Å². The van der Waals surface area contributed by atoms with Gasteiger partial charge in [-0.2, -0.15) is 15.2 Å². The molecule has 57 heavy (non-hydrogen) atoms. The summed E-state index contributed by atoms with van der Waals surface area (Å²) in [5, 5.41) is 16.1. The predicted octanol–water partition coefficient (Wildman–Crippen LogP) is 9.76. The maximum absolute atomic E-state index is 17.5. The molecule has 304 valence electrons. The van der Waals surface area contributed by atoms with Crippen molar-refractivity contribution in [1.29, 1.82) is 5.26 Å². The Balaban J connectivity index is 1.40. The molecular weight excluding hydrogens is 783 g/mol. The fourth-order valence-corrected chi connectivity index (χ4v) is 9.31. The van der Waals surface area contributed by atoms with Crippen LogP contribution in [0.25, 0.3) is 32.1 Å². The van der Waals surface area contributed by atoms with Crippen LogP contribution < -0.4 is 15.1 Å². The maximum atomic E-state index is 17.5. The molecule has 3 saturated heterocycles. The molecule has 3 aliphatic rings. The highest BCUT2D eigenvalue weighted by Gasteiger charge is 2.49.